The van der Waals surface area contributed by atoms with Gasteiger partial charge in [0.15, 0.2) is 0 Å². The van der Waals surface area contributed by atoms with Gasteiger partial charge in [-0.2, -0.15) is 0 Å². The van der Waals surface area contributed by atoms with Crippen molar-refractivity contribution < 1.29 is 9.90 Å². The van der Waals surface area contributed by atoms with Crippen LogP contribution in [0.15, 0.2) is 0 Å². The van der Waals surface area contributed by atoms with Gasteiger partial charge in [0.1, 0.15) is 0 Å². The highest BCUT2D eigenvalue weighted by atomic mass is 16.3. The highest BCUT2D eigenvalue weighted by Crippen LogP contribution is 2.24. The molecule has 16 heavy (non-hydrogen) atoms. The van der Waals surface area contributed by atoms with Crippen LogP contribution in [0.25, 0.3) is 0 Å². The van der Waals surface area contributed by atoms with Gasteiger partial charge in [0.2, 0.25) is 5.91 Å². The smallest absolute Gasteiger partial charge is 0.234 e. The van der Waals surface area contributed by atoms with Gasteiger partial charge in [0.25, 0.3) is 0 Å². The summed E-state index contributed by atoms with van der Waals surface area (Å²) in [6.45, 7) is 4.07. The minimum atomic E-state index is 0.0915. The molecule has 1 saturated carbocycles. The van der Waals surface area contributed by atoms with E-state index >= 15 is 0 Å². The number of hydrogen-bond acceptors (Lipinski definition) is 3. The van der Waals surface area contributed by atoms with Crippen molar-refractivity contribution in [1.29, 1.82) is 0 Å². The van der Waals surface area contributed by atoms with Crippen molar-refractivity contribution in [1.82, 2.24) is 10.2 Å². The summed E-state index contributed by atoms with van der Waals surface area (Å²) in [4.78, 5) is 13.7. The maximum Gasteiger partial charge on any atom is 0.234 e. The molecule has 0 saturated heterocycles. The van der Waals surface area contributed by atoms with E-state index in [9.17, 15) is 4.79 Å². The standard InChI is InChI=1S/C12H24N2O2/c1-2-3-7-13-12(16)10-14(8-9-15)11-5-4-6-11/h11,15H,2-10H2,1H3,(H,13,16). The second-order valence-electron chi connectivity index (χ2n) is 4.48. The first-order chi connectivity index (χ1) is 7.77. The average molecular weight is 228 g/mol. The Kier molecular flexibility index (Phi) is 6.42. The van der Waals surface area contributed by atoms with E-state index in [0.717, 1.165) is 19.4 Å². The Balaban J connectivity index is 2.21. The van der Waals surface area contributed by atoms with Gasteiger partial charge < -0.3 is 10.4 Å². The van der Waals surface area contributed by atoms with Gasteiger partial charge in [-0.25, -0.2) is 0 Å². The zero-order chi connectivity index (χ0) is 11.8. The number of rotatable bonds is 8. The first-order valence-corrected chi connectivity index (χ1v) is 6.39. The molecule has 4 heteroatoms. The van der Waals surface area contributed by atoms with E-state index in [2.05, 4.69) is 17.1 Å². The maximum absolute atomic E-state index is 11.6. The van der Waals surface area contributed by atoms with Gasteiger partial charge in [-0.1, -0.05) is 19.8 Å². The van der Waals surface area contributed by atoms with E-state index in [4.69, 9.17) is 5.11 Å². The summed E-state index contributed by atoms with van der Waals surface area (Å²) in [5, 5.41) is 11.9. The van der Waals surface area contributed by atoms with Gasteiger partial charge in [-0.05, 0) is 19.3 Å². The highest BCUT2D eigenvalue weighted by molar-refractivity contribution is 5.78. The number of carbonyl (C=O) groups is 1. The Bertz CT molecular complexity index is 205. The Hall–Kier alpha value is -0.610. The van der Waals surface area contributed by atoms with Crippen LogP contribution in [0.2, 0.25) is 0 Å². The lowest BCUT2D eigenvalue weighted by molar-refractivity contribution is -0.123. The largest absolute Gasteiger partial charge is 0.395 e. The Morgan fingerprint density at radius 2 is 2.25 bits per heavy atom. The molecule has 0 unspecified atom stereocenters. The second kappa shape index (κ2) is 7.63. The van der Waals surface area contributed by atoms with E-state index in [1.807, 2.05) is 0 Å². The van der Waals surface area contributed by atoms with Crippen LogP contribution in [0.3, 0.4) is 0 Å². The lowest BCUT2D eigenvalue weighted by Gasteiger charge is -2.36. The van der Waals surface area contributed by atoms with Crippen molar-refractivity contribution in [2.75, 3.05) is 26.2 Å². The number of carbonyl (C=O) groups excluding carboxylic acids is 1. The maximum atomic E-state index is 11.6. The Morgan fingerprint density at radius 1 is 1.50 bits per heavy atom. The number of hydrogen-bond donors (Lipinski definition) is 2. The summed E-state index contributed by atoms with van der Waals surface area (Å²) in [6, 6.07) is 0.518. The van der Waals surface area contributed by atoms with Crippen LogP contribution in [0.1, 0.15) is 39.0 Å². The number of unbranched alkanes of at least 4 members (excludes halogenated alkanes) is 1. The molecule has 1 aliphatic rings. The predicted octanol–water partition coefficient (Wildman–Crippen LogP) is 0.749. The number of aliphatic hydroxyl groups is 1. The van der Waals surface area contributed by atoms with Crippen molar-refractivity contribution in [3.05, 3.63) is 0 Å². The number of aliphatic hydroxyl groups excluding tert-OH is 1. The molecule has 1 aliphatic carbocycles. The summed E-state index contributed by atoms with van der Waals surface area (Å²) < 4.78 is 0. The quantitative estimate of drug-likeness (QED) is 0.603. The van der Waals surface area contributed by atoms with Crippen LogP contribution in [0.5, 0.6) is 0 Å². The lowest BCUT2D eigenvalue weighted by Crippen LogP contribution is -2.47. The summed E-state index contributed by atoms with van der Waals surface area (Å²) in [6.07, 6.45) is 5.73. The van der Waals surface area contributed by atoms with Gasteiger partial charge in [0.05, 0.1) is 13.2 Å². The Labute approximate surface area is 98.0 Å². The van der Waals surface area contributed by atoms with Gasteiger partial charge in [-0.3, -0.25) is 9.69 Å². The number of amides is 1. The summed E-state index contributed by atoms with van der Waals surface area (Å²) in [7, 11) is 0. The van der Waals surface area contributed by atoms with Crippen molar-refractivity contribution in [2.24, 2.45) is 0 Å². The van der Waals surface area contributed by atoms with Gasteiger partial charge in [0, 0.05) is 19.1 Å². The zero-order valence-corrected chi connectivity index (χ0v) is 10.2. The van der Waals surface area contributed by atoms with Crippen LogP contribution in [-0.2, 0) is 4.79 Å². The molecule has 0 spiro atoms. The monoisotopic (exact) mass is 228 g/mol. The molecule has 1 rings (SSSR count). The molecule has 1 fully saturated rings. The molecule has 2 N–H and O–H groups in total. The van der Waals surface area contributed by atoms with Crippen LogP contribution in [0.4, 0.5) is 0 Å². The van der Waals surface area contributed by atoms with E-state index in [1.165, 1.54) is 19.3 Å². The number of nitrogens with zero attached hydrogens (tertiary/aromatic N) is 1. The molecule has 0 aromatic heterocycles. The minimum absolute atomic E-state index is 0.0915. The third kappa shape index (κ3) is 4.49. The first kappa shape index (κ1) is 13.5. The minimum Gasteiger partial charge on any atom is -0.395 e. The second-order valence-corrected chi connectivity index (χ2v) is 4.48. The zero-order valence-electron chi connectivity index (χ0n) is 10.2. The molecule has 0 aliphatic heterocycles. The molecule has 94 valence electrons. The lowest BCUT2D eigenvalue weighted by atomic mass is 9.91. The number of nitrogens with one attached hydrogen (secondary N) is 1. The molecule has 4 nitrogen and oxygen atoms in total. The molecular formula is C12H24N2O2. The third-order valence-corrected chi connectivity index (χ3v) is 3.18. The van der Waals surface area contributed by atoms with Crippen LogP contribution in [0, 0.1) is 0 Å². The summed E-state index contributed by atoms with van der Waals surface area (Å²) >= 11 is 0. The average Bonchev–Trinajstić information content (AvgIpc) is 2.15. The fourth-order valence-corrected chi connectivity index (χ4v) is 1.92. The molecule has 0 heterocycles. The molecule has 0 aromatic rings. The molecule has 1 amide bonds. The van der Waals surface area contributed by atoms with E-state index in [-0.39, 0.29) is 12.5 Å². The molecule has 0 atom stereocenters. The van der Waals surface area contributed by atoms with Crippen LogP contribution < -0.4 is 5.32 Å². The van der Waals surface area contributed by atoms with E-state index < -0.39 is 0 Å². The fraction of sp³-hybridized carbons (Fsp3) is 0.917. The fourth-order valence-electron chi connectivity index (χ4n) is 1.92. The first-order valence-electron chi connectivity index (χ1n) is 6.39. The predicted molar refractivity (Wildman–Crippen MR) is 64.2 cm³/mol. The van der Waals surface area contributed by atoms with Crippen LogP contribution >= 0.6 is 0 Å². The van der Waals surface area contributed by atoms with Crippen molar-refractivity contribution in [2.45, 2.75) is 45.1 Å². The Morgan fingerprint density at radius 3 is 2.75 bits per heavy atom. The van der Waals surface area contributed by atoms with Crippen molar-refractivity contribution in [3.63, 3.8) is 0 Å². The van der Waals surface area contributed by atoms with Crippen molar-refractivity contribution >= 4 is 5.91 Å². The van der Waals surface area contributed by atoms with Crippen molar-refractivity contribution in [3.8, 4) is 0 Å². The molecule has 0 radical (unpaired) electrons. The van der Waals surface area contributed by atoms with Gasteiger partial charge in [-0.15, -0.1) is 0 Å². The molecule has 0 aromatic carbocycles. The summed E-state index contributed by atoms with van der Waals surface area (Å²) in [5.74, 6) is 0.0915. The van der Waals surface area contributed by atoms with Crippen LogP contribution in [-0.4, -0.2) is 48.2 Å². The van der Waals surface area contributed by atoms with E-state index in [1.54, 1.807) is 0 Å². The highest BCUT2D eigenvalue weighted by Gasteiger charge is 2.25. The molecular weight excluding hydrogens is 204 g/mol. The molecule has 0 bridgehead atoms. The summed E-state index contributed by atoms with van der Waals surface area (Å²) in [5.41, 5.74) is 0. The third-order valence-electron chi connectivity index (χ3n) is 3.18. The van der Waals surface area contributed by atoms with E-state index in [0.29, 0.717) is 19.1 Å². The van der Waals surface area contributed by atoms with Gasteiger partial charge >= 0.3 is 0 Å². The topological polar surface area (TPSA) is 52.6 Å². The SMILES string of the molecule is CCCCNC(=O)CN(CCO)C1CCC1. The normalized spacial score (nSPS) is 16.2.